The monoisotopic (exact) mass is 873 g/mol. The van der Waals surface area contributed by atoms with Crippen LogP contribution in [0.3, 0.4) is 0 Å². The molecule has 0 spiro atoms. The van der Waals surface area contributed by atoms with Crippen molar-refractivity contribution in [3.63, 3.8) is 0 Å². The van der Waals surface area contributed by atoms with Gasteiger partial charge in [-0.15, -0.1) is 0 Å². The third-order valence-corrected chi connectivity index (χ3v) is 10.2. The lowest BCUT2D eigenvalue weighted by Crippen LogP contribution is -2.58. The number of benzene rings is 1. The van der Waals surface area contributed by atoms with Crippen molar-refractivity contribution in [2.75, 3.05) is 19.6 Å². The Hall–Kier alpha value is -5.63. The maximum absolute atomic E-state index is 13.9. The van der Waals surface area contributed by atoms with Crippen molar-refractivity contribution in [3.05, 3.63) is 35.9 Å². The van der Waals surface area contributed by atoms with E-state index in [1.165, 1.54) is 11.8 Å². The summed E-state index contributed by atoms with van der Waals surface area (Å²) in [5, 5.41) is 34.3. The summed E-state index contributed by atoms with van der Waals surface area (Å²) in [7, 11) is 0. The minimum atomic E-state index is -1.30. The molecule has 0 bridgehead atoms. The normalized spacial score (nSPS) is 16.5. The van der Waals surface area contributed by atoms with Gasteiger partial charge in [-0.2, -0.15) is 0 Å². The second kappa shape index (κ2) is 26.6. The van der Waals surface area contributed by atoms with Crippen LogP contribution >= 0.6 is 0 Å². The van der Waals surface area contributed by atoms with Crippen molar-refractivity contribution in [2.45, 2.75) is 141 Å². The third-order valence-electron chi connectivity index (χ3n) is 10.2. The van der Waals surface area contributed by atoms with Gasteiger partial charge in [-0.05, 0) is 82.2 Å². The van der Waals surface area contributed by atoms with E-state index in [1.807, 2.05) is 27.7 Å². The van der Waals surface area contributed by atoms with Crippen LogP contribution in [0.25, 0.3) is 0 Å². The van der Waals surface area contributed by atoms with Gasteiger partial charge in [-0.1, -0.05) is 58.0 Å². The molecule has 346 valence electrons. The number of hydrogen-bond donors (Lipinski definition) is 10. The van der Waals surface area contributed by atoms with Crippen LogP contribution in [0.5, 0.6) is 0 Å². The van der Waals surface area contributed by atoms with Crippen LogP contribution < -0.4 is 43.4 Å². The maximum atomic E-state index is 13.9. The lowest BCUT2D eigenvalue weighted by molar-refractivity contribution is -0.143. The van der Waals surface area contributed by atoms with Gasteiger partial charge in [0.25, 0.3) is 0 Å². The topological polar surface area (TPSA) is 322 Å². The number of rotatable bonds is 27. The molecule has 1 aromatic rings. The second-order valence-corrected chi connectivity index (χ2v) is 16.5. The quantitative estimate of drug-likeness (QED) is 0.0489. The van der Waals surface area contributed by atoms with Crippen molar-refractivity contribution in [2.24, 2.45) is 23.3 Å². The first-order valence-corrected chi connectivity index (χ1v) is 21.3. The number of aliphatic carboxylic acids is 2. The average Bonchev–Trinajstić information content (AvgIpc) is 3.70. The fraction of sp³-hybridized carbons (Fsp3) is 0.643. The van der Waals surface area contributed by atoms with E-state index >= 15 is 0 Å². The Morgan fingerprint density at radius 3 is 1.89 bits per heavy atom. The number of likely N-dealkylation sites (tertiary alicyclic amines) is 1. The number of carbonyl (C=O) groups excluding carboxylic acids is 7. The maximum Gasteiger partial charge on any atom is 0.326 e. The van der Waals surface area contributed by atoms with E-state index in [4.69, 9.17) is 16.6 Å². The molecule has 1 aromatic carbocycles. The van der Waals surface area contributed by atoms with Gasteiger partial charge in [0.15, 0.2) is 0 Å². The summed E-state index contributed by atoms with van der Waals surface area (Å²) in [6, 6.07) is 0.819. The Morgan fingerprint density at radius 2 is 1.29 bits per heavy atom. The summed E-state index contributed by atoms with van der Waals surface area (Å²) in [5.74, 6) is -7.28. The summed E-state index contributed by atoms with van der Waals surface area (Å²) < 4.78 is 0. The molecule has 1 fully saturated rings. The first-order valence-electron chi connectivity index (χ1n) is 21.3. The molecular weight excluding hydrogens is 807 g/mol. The van der Waals surface area contributed by atoms with Crippen LogP contribution in [0.2, 0.25) is 0 Å². The number of carboxylic acids is 2. The zero-order valence-corrected chi connectivity index (χ0v) is 36.4. The van der Waals surface area contributed by atoms with Crippen molar-refractivity contribution in [3.8, 4) is 0 Å². The van der Waals surface area contributed by atoms with E-state index in [9.17, 15) is 48.3 Å². The molecule has 0 radical (unpaired) electrons. The highest BCUT2D eigenvalue weighted by Crippen LogP contribution is 2.18. The van der Waals surface area contributed by atoms with Gasteiger partial charge in [0, 0.05) is 19.4 Å². The number of hydrogen-bond acceptors (Lipinski definition) is 11. The molecule has 0 aromatic heterocycles. The lowest BCUT2D eigenvalue weighted by atomic mass is 10.0. The first kappa shape index (κ1) is 52.5. The Labute approximate surface area is 362 Å². The molecular formula is C42H67N9O11. The number of amides is 7. The largest absolute Gasteiger partial charge is 0.481 e. The summed E-state index contributed by atoms with van der Waals surface area (Å²) >= 11 is 0. The SMILES string of the molecule is CC(C)CC(N)C(=O)NC(CCC(=O)O)C(=O)NC(C)C(=O)NCC(=O)N1CCCC1C(=O)NC(CCCCN)C(=O)NC(Cc1ccccc1)C(=O)NC(CC(C)C)C(=O)O. The van der Waals surface area contributed by atoms with Crippen molar-refractivity contribution in [1.82, 2.24) is 36.8 Å². The predicted octanol–water partition coefficient (Wildman–Crippen LogP) is -0.722. The van der Waals surface area contributed by atoms with Gasteiger partial charge in [0.2, 0.25) is 41.4 Å². The predicted molar refractivity (Wildman–Crippen MR) is 228 cm³/mol. The van der Waals surface area contributed by atoms with E-state index in [0.717, 1.165) is 0 Å². The van der Waals surface area contributed by atoms with Gasteiger partial charge in [-0.3, -0.25) is 38.4 Å². The summed E-state index contributed by atoms with van der Waals surface area (Å²) in [6.45, 7) is 8.65. The molecule has 7 amide bonds. The highest BCUT2D eigenvalue weighted by atomic mass is 16.4. The molecule has 20 nitrogen and oxygen atoms in total. The number of carbonyl (C=O) groups is 9. The molecule has 1 heterocycles. The van der Waals surface area contributed by atoms with Crippen LogP contribution in [-0.2, 0) is 49.6 Å². The zero-order chi connectivity index (χ0) is 46.5. The van der Waals surface area contributed by atoms with E-state index in [0.29, 0.717) is 37.8 Å². The zero-order valence-electron chi connectivity index (χ0n) is 36.4. The van der Waals surface area contributed by atoms with E-state index in [2.05, 4.69) is 31.9 Å². The Morgan fingerprint density at radius 1 is 0.710 bits per heavy atom. The summed E-state index contributed by atoms with van der Waals surface area (Å²) in [4.78, 5) is 118. The molecule has 2 rings (SSSR count). The highest BCUT2D eigenvalue weighted by molar-refractivity contribution is 5.97. The van der Waals surface area contributed by atoms with E-state index < -0.39 is 109 Å². The highest BCUT2D eigenvalue weighted by Gasteiger charge is 2.37. The third kappa shape index (κ3) is 18.6. The Balaban J connectivity index is 2.14. The van der Waals surface area contributed by atoms with Crippen LogP contribution in [-0.4, -0.2) is 130 Å². The van der Waals surface area contributed by atoms with Crippen LogP contribution in [0.4, 0.5) is 0 Å². The molecule has 12 N–H and O–H groups in total. The first-order chi connectivity index (χ1) is 29.2. The van der Waals surface area contributed by atoms with Crippen LogP contribution in [0, 0.1) is 11.8 Å². The molecule has 7 unspecified atom stereocenters. The number of carboxylic acid groups (broad SMARTS) is 2. The molecule has 62 heavy (non-hydrogen) atoms. The van der Waals surface area contributed by atoms with Gasteiger partial charge < -0.3 is 58.5 Å². The molecule has 0 aliphatic carbocycles. The minimum absolute atomic E-state index is 0.0316. The number of nitrogens with one attached hydrogen (secondary N) is 6. The van der Waals surface area contributed by atoms with Crippen LogP contribution in [0.1, 0.15) is 98.0 Å². The number of unbranched alkanes of at least 4 members (excludes halogenated alkanes) is 1. The second-order valence-electron chi connectivity index (χ2n) is 16.5. The van der Waals surface area contributed by atoms with Gasteiger partial charge >= 0.3 is 11.9 Å². The standard InChI is InChI=1S/C42H67N9O11/c1-24(2)20-28(44)37(56)47-30(16-17-35(53)54)38(57)46-26(5)36(55)45-23-34(52)51-19-11-15-33(51)41(60)48-29(14-9-10-18-43)39(58)49-31(22-27-12-7-6-8-13-27)40(59)50-32(42(61)62)21-25(3)4/h6-8,12-13,24-26,28-33H,9-11,14-23,43-44H2,1-5H3,(H,45,55)(H,46,57)(H,47,56)(H,48,60)(H,49,58)(H,50,59)(H,53,54)(H,61,62). The fourth-order valence-electron chi connectivity index (χ4n) is 6.89. The summed E-state index contributed by atoms with van der Waals surface area (Å²) in [5.41, 5.74) is 12.3. The Kier molecular flexibility index (Phi) is 22.6. The number of nitrogens with zero attached hydrogens (tertiary/aromatic N) is 1. The Bertz CT molecular complexity index is 1690. The van der Waals surface area contributed by atoms with Crippen molar-refractivity contribution in [1.29, 1.82) is 0 Å². The van der Waals surface area contributed by atoms with Gasteiger partial charge in [0.05, 0.1) is 12.6 Å². The summed E-state index contributed by atoms with van der Waals surface area (Å²) in [6.07, 6.45) is 1.61. The molecule has 0 saturated carbocycles. The lowest BCUT2D eigenvalue weighted by Gasteiger charge is -2.28. The van der Waals surface area contributed by atoms with Gasteiger partial charge in [-0.25, -0.2) is 4.79 Å². The van der Waals surface area contributed by atoms with E-state index in [1.54, 1.807) is 30.3 Å². The van der Waals surface area contributed by atoms with Crippen LogP contribution in [0.15, 0.2) is 30.3 Å². The minimum Gasteiger partial charge on any atom is -0.481 e. The van der Waals surface area contributed by atoms with Crippen molar-refractivity contribution >= 4 is 53.3 Å². The molecule has 1 aliphatic heterocycles. The van der Waals surface area contributed by atoms with Crippen molar-refractivity contribution < 1.29 is 53.4 Å². The van der Waals surface area contributed by atoms with Gasteiger partial charge in [0.1, 0.15) is 36.3 Å². The number of nitrogens with two attached hydrogens (primary N) is 2. The average molecular weight is 874 g/mol. The fourth-order valence-corrected chi connectivity index (χ4v) is 6.89. The molecule has 20 heteroatoms. The smallest absolute Gasteiger partial charge is 0.326 e. The molecule has 1 aliphatic rings. The van der Waals surface area contributed by atoms with E-state index in [-0.39, 0.29) is 50.5 Å². The molecule has 1 saturated heterocycles. The molecule has 7 atom stereocenters.